The highest BCUT2D eigenvalue weighted by molar-refractivity contribution is 7.09. The summed E-state index contributed by atoms with van der Waals surface area (Å²) in [5.41, 5.74) is -1.93. The summed E-state index contributed by atoms with van der Waals surface area (Å²) in [5, 5.41) is 13.2. The predicted molar refractivity (Wildman–Crippen MR) is 87.1 cm³/mol. The maximum atomic E-state index is 12.4. The van der Waals surface area contributed by atoms with E-state index in [1.165, 1.54) is 26.8 Å². The molecule has 0 spiro atoms. The standard InChI is InChI=1S/C15H26NO5P/c1-5-6-7-13(14(19)16-10(2)11(3)17)15(20,12(4)18)8-9-21-22/h6-7,10,13,20H,5,8-9,22H2,1-4H3,(H,16,19)/b7-6+/t10?,13-,15-/m1/s1/i1D. The molecule has 0 aromatic heterocycles. The smallest absolute Gasteiger partial charge is 0.230 e. The van der Waals surface area contributed by atoms with Crippen LogP contribution in [-0.2, 0) is 18.9 Å². The molecule has 0 saturated carbocycles. The fourth-order valence-corrected chi connectivity index (χ4v) is 1.98. The number of carbonyl (C=O) groups excluding carboxylic acids is 3. The summed E-state index contributed by atoms with van der Waals surface area (Å²) in [4.78, 5) is 35.7. The molecule has 0 radical (unpaired) electrons. The van der Waals surface area contributed by atoms with Gasteiger partial charge in [-0.05, 0) is 27.2 Å². The Bertz CT molecular complexity index is 457. The molecule has 1 amide bonds. The summed E-state index contributed by atoms with van der Waals surface area (Å²) in [7, 11) is 2.02. The van der Waals surface area contributed by atoms with Crippen LogP contribution >= 0.6 is 9.47 Å². The molecule has 0 aromatic rings. The first kappa shape index (κ1) is 18.9. The van der Waals surface area contributed by atoms with Crippen molar-refractivity contribution in [2.45, 2.75) is 52.2 Å². The van der Waals surface area contributed by atoms with Crippen LogP contribution in [0.1, 0.15) is 41.9 Å². The van der Waals surface area contributed by atoms with Crippen LogP contribution in [0.25, 0.3) is 0 Å². The minimum Gasteiger partial charge on any atom is -0.381 e. The van der Waals surface area contributed by atoms with Gasteiger partial charge >= 0.3 is 0 Å². The number of aliphatic hydroxyl groups is 1. The number of hydrogen-bond donors (Lipinski definition) is 2. The van der Waals surface area contributed by atoms with Gasteiger partial charge in [0, 0.05) is 17.3 Å². The second-order valence-electron chi connectivity index (χ2n) is 5.14. The van der Waals surface area contributed by atoms with Gasteiger partial charge in [0.15, 0.2) is 11.6 Å². The molecule has 0 heterocycles. The average Bonchev–Trinajstić information content (AvgIpc) is 2.48. The first-order valence-electron chi connectivity index (χ1n) is 7.73. The monoisotopic (exact) mass is 332 g/mol. The molecule has 0 fully saturated rings. The number of nitrogens with one attached hydrogen (secondary N) is 1. The summed E-state index contributed by atoms with van der Waals surface area (Å²) >= 11 is 0. The molecule has 0 aliphatic heterocycles. The number of amides is 1. The molecule has 22 heavy (non-hydrogen) atoms. The van der Waals surface area contributed by atoms with Crippen LogP contribution in [0.15, 0.2) is 12.2 Å². The van der Waals surface area contributed by atoms with E-state index in [9.17, 15) is 19.5 Å². The van der Waals surface area contributed by atoms with Gasteiger partial charge < -0.3 is 14.9 Å². The summed E-state index contributed by atoms with van der Waals surface area (Å²) in [6, 6.07) is -0.719. The SMILES string of the molecule is [2H]CC/C=C/[C@H](C(=O)NC(C)C(C)=O)[C@@](O)(CCOP)C(C)=O. The molecular formula is C15H26NO5P. The molecule has 0 aliphatic rings. The Kier molecular flexibility index (Phi) is 8.46. The van der Waals surface area contributed by atoms with E-state index in [4.69, 9.17) is 5.89 Å². The van der Waals surface area contributed by atoms with Crippen LogP contribution in [0.3, 0.4) is 0 Å². The molecule has 0 bridgehead atoms. The molecule has 0 aromatic carbocycles. The lowest BCUT2D eigenvalue weighted by Crippen LogP contribution is -2.53. The van der Waals surface area contributed by atoms with Crippen molar-refractivity contribution in [1.29, 1.82) is 0 Å². The highest BCUT2D eigenvalue weighted by atomic mass is 31.0. The Hall–Kier alpha value is -1.10. The molecule has 7 heteroatoms. The fourth-order valence-electron chi connectivity index (χ4n) is 1.87. The van der Waals surface area contributed by atoms with Crippen LogP contribution in [0.4, 0.5) is 0 Å². The molecular weight excluding hydrogens is 305 g/mol. The van der Waals surface area contributed by atoms with Crippen molar-refractivity contribution in [3.63, 3.8) is 0 Å². The normalized spacial score (nSPS) is 17.4. The van der Waals surface area contributed by atoms with Crippen LogP contribution in [0, 0.1) is 5.92 Å². The zero-order chi connectivity index (χ0) is 18.0. The second-order valence-corrected chi connectivity index (χ2v) is 5.47. The first-order valence-corrected chi connectivity index (χ1v) is 7.49. The van der Waals surface area contributed by atoms with Gasteiger partial charge in [-0.25, -0.2) is 0 Å². The lowest BCUT2D eigenvalue weighted by atomic mass is 9.80. The molecule has 4 atom stereocenters. The lowest BCUT2D eigenvalue weighted by molar-refractivity contribution is -0.149. The quantitative estimate of drug-likeness (QED) is 0.463. The van der Waals surface area contributed by atoms with Crippen molar-refractivity contribution >= 4 is 26.9 Å². The highest BCUT2D eigenvalue weighted by Crippen LogP contribution is 2.26. The van der Waals surface area contributed by atoms with Crippen molar-refractivity contribution in [3.8, 4) is 0 Å². The van der Waals surface area contributed by atoms with Crippen molar-refractivity contribution in [2.24, 2.45) is 5.92 Å². The number of carbonyl (C=O) groups is 3. The van der Waals surface area contributed by atoms with E-state index in [1.54, 1.807) is 6.08 Å². The van der Waals surface area contributed by atoms with E-state index in [-0.39, 0.29) is 25.7 Å². The molecule has 126 valence electrons. The van der Waals surface area contributed by atoms with E-state index in [2.05, 4.69) is 5.32 Å². The van der Waals surface area contributed by atoms with Crippen molar-refractivity contribution in [3.05, 3.63) is 12.2 Å². The zero-order valence-electron chi connectivity index (χ0n) is 14.3. The van der Waals surface area contributed by atoms with Gasteiger partial charge in [0.1, 0.15) is 5.60 Å². The van der Waals surface area contributed by atoms with E-state index in [1.807, 2.05) is 9.47 Å². The number of ketones is 2. The van der Waals surface area contributed by atoms with Crippen LogP contribution in [-0.4, -0.2) is 40.8 Å². The Balaban J connectivity index is 5.49. The van der Waals surface area contributed by atoms with Crippen molar-refractivity contribution in [1.82, 2.24) is 5.32 Å². The largest absolute Gasteiger partial charge is 0.381 e. The maximum absolute atomic E-state index is 12.4. The summed E-state index contributed by atoms with van der Waals surface area (Å²) in [6.45, 7) is 4.27. The Morgan fingerprint density at radius 1 is 1.45 bits per heavy atom. The molecule has 2 unspecified atom stereocenters. The van der Waals surface area contributed by atoms with Gasteiger partial charge in [-0.1, -0.05) is 19.1 Å². The minimum absolute atomic E-state index is 0.0659. The molecule has 0 saturated heterocycles. The Morgan fingerprint density at radius 2 is 2.09 bits per heavy atom. The Morgan fingerprint density at radius 3 is 2.55 bits per heavy atom. The van der Waals surface area contributed by atoms with Crippen LogP contribution in [0.2, 0.25) is 0 Å². The number of Topliss-reactive ketones (excluding diaryl/α,β-unsaturated/α-hetero) is 2. The van der Waals surface area contributed by atoms with Crippen LogP contribution in [0.5, 0.6) is 0 Å². The van der Waals surface area contributed by atoms with Crippen molar-refractivity contribution in [2.75, 3.05) is 6.61 Å². The van der Waals surface area contributed by atoms with E-state index in [0.717, 1.165) is 0 Å². The van der Waals surface area contributed by atoms with Crippen LogP contribution < -0.4 is 5.32 Å². The van der Waals surface area contributed by atoms with Gasteiger partial charge in [-0.2, -0.15) is 0 Å². The van der Waals surface area contributed by atoms with Gasteiger partial charge in [0.2, 0.25) is 5.91 Å². The molecule has 0 rings (SSSR count). The number of hydrogen-bond acceptors (Lipinski definition) is 5. The third-order valence-electron chi connectivity index (χ3n) is 3.47. The second kappa shape index (κ2) is 9.82. The highest BCUT2D eigenvalue weighted by Gasteiger charge is 2.44. The van der Waals surface area contributed by atoms with Crippen molar-refractivity contribution < 1.29 is 25.4 Å². The first-order chi connectivity index (χ1) is 10.7. The van der Waals surface area contributed by atoms with E-state index in [0.29, 0.717) is 6.42 Å². The van der Waals surface area contributed by atoms with Gasteiger partial charge in [0.25, 0.3) is 0 Å². The van der Waals surface area contributed by atoms with Gasteiger partial charge in [-0.15, -0.1) is 0 Å². The van der Waals surface area contributed by atoms with Gasteiger partial charge in [0.05, 0.1) is 18.6 Å². The predicted octanol–water partition coefficient (Wildman–Crippen LogP) is 1.18. The average molecular weight is 332 g/mol. The maximum Gasteiger partial charge on any atom is 0.230 e. The summed E-state index contributed by atoms with van der Waals surface area (Å²) < 4.78 is 12.0. The van der Waals surface area contributed by atoms with Gasteiger partial charge in [-0.3, -0.25) is 14.4 Å². The van der Waals surface area contributed by atoms with E-state index >= 15 is 0 Å². The van der Waals surface area contributed by atoms with E-state index < -0.39 is 29.3 Å². The Labute approximate surface area is 135 Å². The third kappa shape index (κ3) is 5.95. The minimum atomic E-state index is -1.93. The number of rotatable bonds is 10. The summed E-state index contributed by atoms with van der Waals surface area (Å²) in [6.07, 6.45) is 3.32. The topological polar surface area (TPSA) is 92.7 Å². The molecule has 2 N–H and O–H groups in total. The molecule has 0 aliphatic carbocycles. The zero-order valence-corrected chi connectivity index (χ0v) is 14.5. The fraction of sp³-hybridized carbons (Fsp3) is 0.667. The molecule has 6 nitrogen and oxygen atoms in total. The number of allylic oxidation sites excluding steroid dienone is 1. The lowest BCUT2D eigenvalue weighted by Gasteiger charge is -2.32. The summed E-state index contributed by atoms with van der Waals surface area (Å²) in [5.74, 6) is -2.57. The third-order valence-corrected chi connectivity index (χ3v) is 3.71.